The summed E-state index contributed by atoms with van der Waals surface area (Å²) < 4.78 is 1.62. The van der Waals surface area contributed by atoms with Crippen LogP contribution in [0.25, 0.3) is 16.6 Å². The summed E-state index contributed by atoms with van der Waals surface area (Å²) in [5, 5.41) is 1.46. The van der Waals surface area contributed by atoms with Crippen molar-refractivity contribution >= 4 is 22.5 Å². The van der Waals surface area contributed by atoms with Crippen LogP contribution in [0.5, 0.6) is 0 Å². The van der Waals surface area contributed by atoms with Crippen LogP contribution in [0.1, 0.15) is 35.6 Å². The van der Waals surface area contributed by atoms with Crippen LogP contribution in [0.3, 0.4) is 0 Å². The molecule has 0 saturated heterocycles. The van der Waals surface area contributed by atoms with Crippen LogP contribution in [0.15, 0.2) is 66.0 Å². The van der Waals surface area contributed by atoms with Gasteiger partial charge in [0.05, 0.1) is 21.9 Å². The van der Waals surface area contributed by atoms with E-state index in [4.69, 9.17) is 11.6 Å². The number of hydrogen-bond acceptors (Lipinski definition) is 4. The van der Waals surface area contributed by atoms with Crippen molar-refractivity contribution in [1.82, 2.24) is 19.5 Å². The van der Waals surface area contributed by atoms with Crippen molar-refractivity contribution in [2.45, 2.75) is 25.2 Å². The first kappa shape index (κ1) is 17.1. The van der Waals surface area contributed by atoms with E-state index in [-0.39, 0.29) is 5.69 Å². The van der Waals surface area contributed by atoms with Gasteiger partial charge in [-0.3, -0.25) is 4.57 Å². The molecule has 0 N–H and O–H groups in total. The molecule has 0 radical (unpaired) electrons. The van der Waals surface area contributed by atoms with Crippen molar-refractivity contribution in [3.8, 4) is 5.69 Å². The maximum Gasteiger partial charge on any atom is 0.352 e. The molecule has 4 aromatic rings. The molecule has 138 valence electrons. The van der Waals surface area contributed by atoms with E-state index in [0.717, 1.165) is 22.2 Å². The van der Waals surface area contributed by atoms with Crippen LogP contribution in [-0.4, -0.2) is 19.5 Å². The Morgan fingerprint density at radius 3 is 2.61 bits per heavy atom. The quantitative estimate of drug-likeness (QED) is 0.523. The van der Waals surface area contributed by atoms with Crippen molar-refractivity contribution in [3.05, 3.63) is 93.5 Å². The number of para-hydroxylation sites is 1. The summed E-state index contributed by atoms with van der Waals surface area (Å²) in [6.45, 7) is 0. The lowest BCUT2D eigenvalue weighted by Crippen LogP contribution is -2.24. The molecular formula is C22H17ClN4O. The van der Waals surface area contributed by atoms with E-state index < -0.39 is 0 Å². The summed E-state index contributed by atoms with van der Waals surface area (Å²) >= 11 is 6.41. The summed E-state index contributed by atoms with van der Waals surface area (Å²) in [4.78, 5) is 25.6. The van der Waals surface area contributed by atoms with Crippen LogP contribution in [0.4, 0.5) is 0 Å². The van der Waals surface area contributed by atoms with Gasteiger partial charge >= 0.3 is 5.69 Å². The fourth-order valence-corrected chi connectivity index (χ4v) is 3.81. The third kappa shape index (κ3) is 3.08. The molecule has 0 aliphatic heterocycles. The number of benzene rings is 2. The monoisotopic (exact) mass is 388 g/mol. The van der Waals surface area contributed by atoms with E-state index in [2.05, 4.69) is 33.2 Å². The zero-order valence-electron chi connectivity index (χ0n) is 15.0. The van der Waals surface area contributed by atoms with Gasteiger partial charge < -0.3 is 0 Å². The van der Waals surface area contributed by atoms with Gasteiger partial charge in [-0.25, -0.2) is 14.8 Å². The molecule has 5 nitrogen and oxygen atoms in total. The molecule has 2 aromatic carbocycles. The number of fused-ring (bicyclic) bond motifs is 1. The van der Waals surface area contributed by atoms with Crippen LogP contribution in [-0.2, 0) is 6.42 Å². The summed E-state index contributed by atoms with van der Waals surface area (Å²) in [7, 11) is 0. The normalized spacial score (nSPS) is 13.8. The van der Waals surface area contributed by atoms with E-state index in [9.17, 15) is 4.79 Å². The standard InChI is InChI=1S/C22H17ClN4O/c23-18-3-1-2-4-20(18)27-21-10-16(15-5-6-15)7-8-17(21)19(26-22(27)28)9-14-11-24-13-25-12-14/h1-4,7-8,10-13,15H,5-6,9H2. The second-order valence-electron chi connectivity index (χ2n) is 7.10. The fraction of sp³-hybridized carbons (Fsp3) is 0.182. The second kappa shape index (κ2) is 6.84. The Morgan fingerprint density at radius 2 is 1.86 bits per heavy atom. The zero-order chi connectivity index (χ0) is 19.1. The number of nitrogens with zero attached hydrogens (tertiary/aromatic N) is 4. The van der Waals surface area contributed by atoms with Gasteiger partial charge in [-0.1, -0.05) is 35.9 Å². The number of rotatable bonds is 4. The third-order valence-electron chi connectivity index (χ3n) is 5.12. The first-order chi connectivity index (χ1) is 13.7. The molecule has 0 spiro atoms. The molecule has 0 atom stereocenters. The van der Waals surface area contributed by atoms with Crippen molar-refractivity contribution in [2.75, 3.05) is 0 Å². The zero-order valence-corrected chi connectivity index (χ0v) is 15.8. The van der Waals surface area contributed by atoms with Gasteiger partial charge in [0, 0.05) is 24.2 Å². The summed E-state index contributed by atoms with van der Waals surface area (Å²) in [6.07, 6.45) is 7.88. The topological polar surface area (TPSA) is 60.7 Å². The maximum absolute atomic E-state index is 13.1. The van der Waals surface area contributed by atoms with E-state index in [0.29, 0.717) is 23.0 Å². The van der Waals surface area contributed by atoms with E-state index in [1.807, 2.05) is 18.2 Å². The molecule has 0 unspecified atom stereocenters. The fourth-order valence-electron chi connectivity index (χ4n) is 3.59. The highest BCUT2D eigenvalue weighted by Gasteiger charge is 2.24. The van der Waals surface area contributed by atoms with E-state index in [1.165, 1.54) is 24.7 Å². The molecule has 0 amide bonds. The average molecular weight is 389 g/mol. The SMILES string of the molecule is O=c1nc(Cc2cncnc2)c2ccc(C3CC3)cc2n1-c1ccccc1Cl. The van der Waals surface area contributed by atoms with Crippen LogP contribution < -0.4 is 5.69 Å². The Hall–Kier alpha value is -3.05. The Morgan fingerprint density at radius 1 is 1.07 bits per heavy atom. The summed E-state index contributed by atoms with van der Waals surface area (Å²) in [5.74, 6) is 0.582. The van der Waals surface area contributed by atoms with Crippen LogP contribution in [0.2, 0.25) is 5.02 Å². The van der Waals surface area contributed by atoms with Gasteiger partial charge in [-0.15, -0.1) is 0 Å². The minimum atomic E-state index is -0.333. The van der Waals surface area contributed by atoms with Gasteiger partial charge in [-0.05, 0) is 48.1 Å². The van der Waals surface area contributed by atoms with Gasteiger partial charge in [-0.2, -0.15) is 4.98 Å². The Balaban J connectivity index is 1.77. The van der Waals surface area contributed by atoms with Crippen molar-refractivity contribution < 1.29 is 0 Å². The van der Waals surface area contributed by atoms with Crippen molar-refractivity contribution in [2.24, 2.45) is 0 Å². The molecule has 5 rings (SSSR count). The number of halogens is 1. The number of hydrogen-bond donors (Lipinski definition) is 0. The van der Waals surface area contributed by atoms with Crippen molar-refractivity contribution in [3.63, 3.8) is 0 Å². The molecule has 2 heterocycles. The minimum Gasteiger partial charge on any atom is -0.259 e. The summed E-state index contributed by atoms with van der Waals surface area (Å²) in [5.41, 5.74) is 4.05. The highest BCUT2D eigenvalue weighted by atomic mass is 35.5. The highest BCUT2D eigenvalue weighted by Crippen LogP contribution is 2.41. The second-order valence-corrected chi connectivity index (χ2v) is 7.51. The first-order valence-electron chi connectivity index (χ1n) is 9.25. The Kier molecular flexibility index (Phi) is 4.17. The molecule has 28 heavy (non-hydrogen) atoms. The third-order valence-corrected chi connectivity index (χ3v) is 5.44. The minimum absolute atomic E-state index is 0.333. The number of aromatic nitrogens is 4. The van der Waals surface area contributed by atoms with E-state index >= 15 is 0 Å². The molecule has 1 saturated carbocycles. The lowest BCUT2D eigenvalue weighted by molar-refractivity contribution is 0.913. The predicted octanol–water partition coefficient (Wildman–Crippen LogP) is 4.30. The largest absolute Gasteiger partial charge is 0.352 e. The first-order valence-corrected chi connectivity index (χ1v) is 9.63. The van der Waals surface area contributed by atoms with Gasteiger partial charge in [0.2, 0.25) is 0 Å². The lowest BCUT2D eigenvalue weighted by atomic mass is 10.0. The Bertz CT molecular complexity index is 1230. The molecule has 1 aliphatic rings. The molecule has 1 fully saturated rings. The molecule has 2 aromatic heterocycles. The predicted molar refractivity (Wildman–Crippen MR) is 109 cm³/mol. The van der Waals surface area contributed by atoms with Gasteiger partial charge in [0.15, 0.2) is 0 Å². The summed E-state index contributed by atoms with van der Waals surface area (Å²) in [6, 6.07) is 13.7. The van der Waals surface area contributed by atoms with Crippen LogP contribution >= 0.6 is 11.6 Å². The lowest BCUT2D eigenvalue weighted by Gasteiger charge is -2.15. The van der Waals surface area contributed by atoms with E-state index in [1.54, 1.807) is 23.0 Å². The maximum atomic E-state index is 13.1. The van der Waals surface area contributed by atoms with Gasteiger partial charge in [0.1, 0.15) is 6.33 Å². The smallest absolute Gasteiger partial charge is 0.259 e. The Labute approximate surface area is 166 Å². The van der Waals surface area contributed by atoms with Crippen molar-refractivity contribution in [1.29, 1.82) is 0 Å². The molecule has 1 aliphatic carbocycles. The van der Waals surface area contributed by atoms with Crippen LogP contribution in [0, 0.1) is 0 Å². The molecule has 6 heteroatoms. The van der Waals surface area contributed by atoms with Gasteiger partial charge in [0.25, 0.3) is 0 Å². The highest BCUT2D eigenvalue weighted by molar-refractivity contribution is 6.32. The molecule has 0 bridgehead atoms. The average Bonchev–Trinajstić information content (AvgIpc) is 3.55. The molecular weight excluding hydrogens is 372 g/mol.